The van der Waals surface area contributed by atoms with Crippen LogP contribution in [-0.4, -0.2) is 63.4 Å². The molecule has 1 heterocycles. The van der Waals surface area contributed by atoms with Crippen LogP contribution in [0, 0.1) is 17.8 Å². The van der Waals surface area contributed by atoms with E-state index >= 15 is 0 Å². The van der Waals surface area contributed by atoms with E-state index in [9.17, 15) is 13.2 Å². The van der Waals surface area contributed by atoms with Crippen LogP contribution in [0.4, 0.5) is 0 Å². The molecule has 1 saturated heterocycles. The number of carbonyl (C=O) groups excluding carboxylic acids is 1. The third-order valence-corrected chi connectivity index (χ3v) is 8.31. The molecule has 0 spiro atoms. The molecule has 2 saturated carbocycles. The second-order valence-corrected chi connectivity index (χ2v) is 11.1. The third kappa shape index (κ3) is 5.38. The van der Waals surface area contributed by atoms with Crippen molar-refractivity contribution < 1.29 is 17.9 Å². The van der Waals surface area contributed by atoms with Crippen molar-refractivity contribution in [3.63, 3.8) is 0 Å². The van der Waals surface area contributed by atoms with Gasteiger partial charge in [-0.25, -0.2) is 8.42 Å². The first-order valence-corrected chi connectivity index (χ1v) is 12.4. The number of benzene rings is 1. The molecule has 29 heavy (non-hydrogen) atoms. The summed E-state index contributed by atoms with van der Waals surface area (Å²) in [5.74, 6) is 1.86. The van der Waals surface area contributed by atoms with Crippen molar-refractivity contribution in [2.75, 3.05) is 32.0 Å². The molecular weight excluding hydrogens is 388 g/mol. The molecule has 1 aromatic rings. The largest absolute Gasteiger partial charge is 0.376 e. The average Bonchev–Trinajstić information content (AvgIpc) is 3.44. The number of fused-ring (bicyclic) bond motifs is 1. The lowest BCUT2D eigenvalue weighted by atomic mass is 9.77. The summed E-state index contributed by atoms with van der Waals surface area (Å²) < 4.78 is 31.4. The molecule has 0 radical (unpaired) electrons. The highest BCUT2D eigenvalue weighted by atomic mass is 32.2. The van der Waals surface area contributed by atoms with Crippen molar-refractivity contribution in [1.29, 1.82) is 0 Å². The van der Waals surface area contributed by atoms with E-state index < -0.39 is 9.84 Å². The number of likely N-dealkylation sites (tertiary alicyclic amines) is 1. The van der Waals surface area contributed by atoms with Crippen molar-refractivity contribution >= 4 is 15.7 Å². The van der Waals surface area contributed by atoms with Crippen LogP contribution in [0.25, 0.3) is 0 Å². The molecule has 1 N–H and O–H groups in total. The Kier molecular flexibility index (Phi) is 6.27. The second kappa shape index (κ2) is 8.74. The van der Waals surface area contributed by atoms with Crippen LogP contribution in [0.2, 0.25) is 0 Å². The van der Waals surface area contributed by atoms with Gasteiger partial charge in [0.25, 0.3) is 0 Å². The highest BCUT2D eigenvalue weighted by Crippen LogP contribution is 2.39. The fraction of sp³-hybridized carbons (Fsp3) is 0.682. The first kappa shape index (κ1) is 20.8. The minimum absolute atomic E-state index is 0.00252. The molecule has 7 heteroatoms. The van der Waals surface area contributed by atoms with Gasteiger partial charge in [0.2, 0.25) is 5.91 Å². The molecule has 2 aliphatic carbocycles. The summed E-state index contributed by atoms with van der Waals surface area (Å²) in [6.45, 7) is 4.75. The summed E-state index contributed by atoms with van der Waals surface area (Å²) in [4.78, 5) is 14.3. The molecule has 0 bridgehead atoms. The van der Waals surface area contributed by atoms with Gasteiger partial charge in [-0.2, -0.15) is 0 Å². The molecule has 1 amide bonds. The summed E-state index contributed by atoms with van der Waals surface area (Å²) in [7, 11) is -3.25. The predicted octanol–water partition coefficient (Wildman–Crippen LogP) is 2.10. The maximum absolute atomic E-state index is 12.6. The Morgan fingerprint density at radius 3 is 2.48 bits per heavy atom. The first-order valence-electron chi connectivity index (χ1n) is 10.8. The van der Waals surface area contributed by atoms with Crippen molar-refractivity contribution in [3.05, 3.63) is 30.3 Å². The number of nitrogens with one attached hydrogen (secondary N) is 1. The van der Waals surface area contributed by atoms with E-state index in [1.807, 2.05) is 6.07 Å². The first-order chi connectivity index (χ1) is 13.9. The molecule has 4 atom stereocenters. The van der Waals surface area contributed by atoms with Crippen LogP contribution in [0.15, 0.2) is 35.2 Å². The monoisotopic (exact) mass is 420 g/mol. The number of hydrogen-bond donors (Lipinski definition) is 1. The lowest BCUT2D eigenvalue weighted by molar-refractivity contribution is -0.122. The zero-order valence-electron chi connectivity index (χ0n) is 17.1. The van der Waals surface area contributed by atoms with Crippen molar-refractivity contribution in [3.8, 4) is 0 Å². The van der Waals surface area contributed by atoms with Gasteiger partial charge in [-0.05, 0) is 55.6 Å². The summed E-state index contributed by atoms with van der Waals surface area (Å²) >= 11 is 0. The number of carbonyl (C=O) groups is 1. The number of nitrogens with zero attached hydrogens (tertiary/aromatic N) is 1. The number of rotatable bonds is 8. The van der Waals surface area contributed by atoms with Gasteiger partial charge in [0.1, 0.15) is 0 Å². The lowest BCUT2D eigenvalue weighted by Crippen LogP contribution is -2.50. The van der Waals surface area contributed by atoms with Crippen molar-refractivity contribution in [1.82, 2.24) is 10.2 Å². The Balaban J connectivity index is 1.34. The summed E-state index contributed by atoms with van der Waals surface area (Å²) in [6, 6.07) is 8.76. The van der Waals surface area contributed by atoms with E-state index in [0.717, 1.165) is 32.5 Å². The van der Waals surface area contributed by atoms with Crippen molar-refractivity contribution in [2.24, 2.45) is 17.8 Å². The molecular formula is C22H32N2O4S. The Morgan fingerprint density at radius 1 is 1.14 bits per heavy atom. The van der Waals surface area contributed by atoms with Gasteiger partial charge in [-0.3, -0.25) is 4.79 Å². The van der Waals surface area contributed by atoms with Crippen LogP contribution in [0.3, 0.4) is 0 Å². The molecule has 1 aliphatic heterocycles. The predicted molar refractivity (Wildman–Crippen MR) is 111 cm³/mol. The van der Waals surface area contributed by atoms with E-state index in [2.05, 4.69) is 10.2 Å². The molecule has 4 rings (SSSR count). The molecule has 3 aliphatic rings. The highest BCUT2D eigenvalue weighted by Gasteiger charge is 2.43. The number of hydrogen-bond acceptors (Lipinski definition) is 5. The van der Waals surface area contributed by atoms with Crippen LogP contribution in [-0.2, 0) is 19.4 Å². The molecule has 6 nitrogen and oxygen atoms in total. The Hall–Kier alpha value is -1.44. The Bertz CT molecular complexity index is 809. The summed E-state index contributed by atoms with van der Waals surface area (Å²) in [6.07, 6.45) is 4.46. The Morgan fingerprint density at radius 2 is 1.83 bits per heavy atom. The van der Waals surface area contributed by atoms with Gasteiger partial charge in [0, 0.05) is 33.2 Å². The lowest BCUT2D eigenvalue weighted by Gasteiger charge is -2.38. The zero-order valence-corrected chi connectivity index (χ0v) is 17.9. The maximum Gasteiger partial charge on any atom is 0.217 e. The molecule has 3 fully saturated rings. The van der Waals surface area contributed by atoms with Crippen LogP contribution < -0.4 is 5.32 Å². The van der Waals surface area contributed by atoms with E-state index in [-0.39, 0.29) is 23.8 Å². The van der Waals surface area contributed by atoms with Gasteiger partial charge in [-0.15, -0.1) is 0 Å². The van der Waals surface area contributed by atoms with E-state index in [0.29, 0.717) is 29.2 Å². The van der Waals surface area contributed by atoms with Crippen LogP contribution in [0.5, 0.6) is 0 Å². The SMILES string of the molecule is CC(=O)N[C@@H]1C[C@@H]2CN(CCS(=O)(=O)c3ccccc3)C[C@@H]2C[C@H]1OCC1CC1. The number of ether oxygens (including phenoxy) is 1. The van der Waals surface area contributed by atoms with Gasteiger partial charge < -0.3 is 15.0 Å². The zero-order chi connectivity index (χ0) is 20.4. The molecule has 1 aromatic carbocycles. The molecule has 160 valence electrons. The number of sulfone groups is 1. The normalized spacial score (nSPS) is 30.1. The van der Waals surface area contributed by atoms with Crippen LogP contribution in [0.1, 0.15) is 32.6 Å². The van der Waals surface area contributed by atoms with E-state index in [1.165, 1.54) is 12.8 Å². The molecule has 0 aromatic heterocycles. The quantitative estimate of drug-likeness (QED) is 0.697. The minimum atomic E-state index is -3.25. The molecule has 0 unspecified atom stereocenters. The fourth-order valence-corrected chi connectivity index (χ4v) is 6.14. The topological polar surface area (TPSA) is 75.7 Å². The van der Waals surface area contributed by atoms with Gasteiger partial charge in [-0.1, -0.05) is 18.2 Å². The van der Waals surface area contributed by atoms with Gasteiger partial charge in [0.05, 0.1) is 22.8 Å². The fourth-order valence-electron chi connectivity index (χ4n) is 4.83. The Labute approximate surface area is 173 Å². The van der Waals surface area contributed by atoms with Crippen LogP contribution >= 0.6 is 0 Å². The van der Waals surface area contributed by atoms with E-state index in [1.54, 1.807) is 31.2 Å². The van der Waals surface area contributed by atoms with Gasteiger partial charge >= 0.3 is 0 Å². The third-order valence-electron chi connectivity index (χ3n) is 6.60. The summed E-state index contributed by atoms with van der Waals surface area (Å²) in [5, 5.41) is 3.10. The smallest absolute Gasteiger partial charge is 0.217 e. The minimum Gasteiger partial charge on any atom is -0.376 e. The van der Waals surface area contributed by atoms with Gasteiger partial charge in [0.15, 0.2) is 9.84 Å². The second-order valence-electron chi connectivity index (χ2n) is 9.01. The average molecular weight is 421 g/mol. The standard InChI is InChI=1S/C22H32N2O4S/c1-16(25)23-21-11-18-13-24(9-10-29(26,27)20-5-3-2-4-6-20)14-19(18)12-22(21)28-15-17-7-8-17/h2-6,17-19,21-22H,7-15H2,1H3,(H,23,25)/t18-,19+,21-,22-/m1/s1. The highest BCUT2D eigenvalue weighted by molar-refractivity contribution is 7.91. The van der Waals surface area contributed by atoms with Crippen molar-refractivity contribution in [2.45, 2.75) is 49.6 Å². The van der Waals surface area contributed by atoms with E-state index in [4.69, 9.17) is 4.74 Å². The number of amides is 1. The summed E-state index contributed by atoms with van der Waals surface area (Å²) in [5.41, 5.74) is 0. The maximum atomic E-state index is 12.6.